The minimum absolute atomic E-state index is 0.135. The normalized spacial score (nSPS) is 22.6. The molecule has 1 aliphatic heterocycles. The van der Waals surface area contributed by atoms with Gasteiger partial charge in [0.2, 0.25) is 11.8 Å². The van der Waals surface area contributed by atoms with E-state index in [1.165, 1.54) is 6.07 Å². The number of likely N-dealkylation sites (tertiary alicyclic amines) is 1. The van der Waals surface area contributed by atoms with E-state index in [1.54, 1.807) is 4.90 Å². The minimum atomic E-state index is -1.03. The number of anilines is 1. The molecule has 1 N–H and O–H groups in total. The summed E-state index contributed by atoms with van der Waals surface area (Å²) in [5.74, 6) is -2.11. The summed E-state index contributed by atoms with van der Waals surface area (Å²) in [6, 6.07) is 3.18. The molecule has 0 bridgehead atoms. The number of carbonyl (C=O) groups excluding carboxylic acids is 2. The molecule has 2 fully saturated rings. The van der Waals surface area contributed by atoms with Crippen LogP contribution < -0.4 is 5.32 Å². The Hall–Kier alpha value is -1.98. The fourth-order valence-corrected chi connectivity index (χ4v) is 3.16. The lowest BCUT2D eigenvalue weighted by atomic mass is 9.96. The molecule has 1 aromatic carbocycles. The van der Waals surface area contributed by atoms with Gasteiger partial charge in [-0.05, 0) is 43.7 Å². The maximum atomic E-state index is 13.2. The van der Waals surface area contributed by atoms with Crippen molar-refractivity contribution in [2.75, 3.05) is 18.4 Å². The van der Waals surface area contributed by atoms with Crippen molar-refractivity contribution in [2.45, 2.75) is 32.6 Å². The zero-order valence-electron chi connectivity index (χ0n) is 13.1. The van der Waals surface area contributed by atoms with Crippen molar-refractivity contribution in [3.05, 3.63) is 29.8 Å². The number of nitrogens with one attached hydrogen (secondary N) is 1. The molecule has 4 nitrogen and oxygen atoms in total. The molecule has 1 saturated heterocycles. The maximum absolute atomic E-state index is 13.2. The van der Waals surface area contributed by atoms with Gasteiger partial charge in [-0.25, -0.2) is 8.78 Å². The topological polar surface area (TPSA) is 49.4 Å². The van der Waals surface area contributed by atoms with Crippen molar-refractivity contribution in [3.8, 4) is 0 Å². The zero-order chi connectivity index (χ0) is 16.6. The quantitative estimate of drug-likeness (QED) is 0.870. The summed E-state index contributed by atoms with van der Waals surface area (Å²) in [6.45, 7) is 3.46. The van der Waals surface area contributed by atoms with Crippen molar-refractivity contribution >= 4 is 17.5 Å². The van der Waals surface area contributed by atoms with Gasteiger partial charge >= 0.3 is 0 Å². The Balaban J connectivity index is 1.70. The van der Waals surface area contributed by atoms with Crippen LogP contribution in [0.4, 0.5) is 14.5 Å². The van der Waals surface area contributed by atoms with Gasteiger partial charge in [0.15, 0.2) is 11.6 Å². The number of benzene rings is 1. The van der Waals surface area contributed by atoms with E-state index in [-0.39, 0.29) is 11.6 Å². The van der Waals surface area contributed by atoms with Crippen molar-refractivity contribution in [1.82, 2.24) is 4.90 Å². The first-order chi connectivity index (χ1) is 10.9. The molecule has 2 amide bonds. The second kappa shape index (κ2) is 5.91. The molecule has 0 aromatic heterocycles. The van der Waals surface area contributed by atoms with Crippen LogP contribution in [-0.4, -0.2) is 29.8 Å². The van der Waals surface area contributed by atoms with Crippen molar-refractivity contribution < 1.29 is 18.4 Å². The zero-order valence-corrected chi connectivity index (χ0v) is 13.1. The third-order valence-corrected chi connectivity index (χ3v) is 4.72. The molecular weight excluding hydrogens is 302 g/mol. The number of amides is 2. The standard InChI is InChI=1S/C17H20F2N2O2/c1-11-3-2-8-21(10-11)16(23)17(6-7-17)15(22)20-12-4-5-13(18)14(19)9-12/h4-5,9,11H,2-3,6-8,10H2,1H3,(H,20,22). The Labute approximate surface area is 133 Å². The molecule has 124 valence electrons. The number of rotatable bonds is 3. The van der Waals surface area contributed by atoms with Gasteiger partial charge in [0, 0.05) is 24.8 Å². The van der Waals surface area contributed by atoms with Gasteiger partial charge in [-0.2, -0.15) is 0 Å². The molecular formula is C17H20F2N2O2. The predicted molar refractivity (Wildman–Crippen MR) is 81.6 cm³/mol. The molecule has 1 aromatic rings. The highest BCUT2D eigenvalue weighted by Crippen LogP contribution is 2.48. The van der Waals surface area contributed by atoms with Gasteiger partial charge in [-0.15, -0.1) is 0 Å². The third-order valence-electron chi connectivity index (χ3n) is 4.72. The molecule has 1 unspecified atom stereocenters. The van der Waals surface area contributed by atoms with Gasteiger partial charge in [-0.3, -0.25) is 9.59 Å². The molecule has 1 heterocycles. The van der Waals surface area contributed by atoms with Crippen LogP contribution in [0.25, 0.3) is 0 Å². The van der Waals surface area contributed by atoms with Crippen LogP contribution >= 0.6 is 0 Å². The highest BCUT2D eigenvalue weighted by atomic mass is 19.2. The third kappa shape index (κ3) is 3.07. The van der Waals surface area contributed by atoms with Crippen molar-refractivity contribution in [3.63, 3.8) is 0 Å². The number of hydrogen-bond donors (Lipinski definition) is 1. The predicted octanol–water partition coefficient (Wildman–Crippen LogP) is 2.94. The second-order valence-electron chi connectivity index (χ2n) is 6.66. The fourth-order valence-electron chi connectivity index (χ4n) is 3.16. The average Bonchev–Trinajstić information content (AvgIpc) is 3.32. The van der Waals surface area contributed by atoms with Gasteiger partial charge in [0.25, 0.3) is 0 Å². The lowest BCUT2D eigenvalue weighted by Gasteiger charge is -2.33. The van der Waals surface area contributed by atoms with E-state index in [2.05, 4.69) is 12.2 Å². The summed E-state index contributed by atoms with van der Waals surface area (Å²) in [5, 5.41) is 2.55. The van der Waals surface area contributed by atoms with E-state index in [9.17, 15) is 18.4 Å². The molecule has 23 heavy (non-hydrogen) atoms. The van der Waals surface area contributed by atoms with E-state index in [0.717, 1.165) is 25.0 Å². The first-order valence-corrected chi connectivity index (χ1v) is 7.98. The van der Waals surface area contributed by atoms with Crippen LogP contribution in [0.15, 0.2) is 18.2 Å². The van der Waals surface area contributed by atoms with Gasteiger partial charge in [0.1, 0.15) is 5.41 Å². The lowest BCUT2D eigenvalue weighted by molar-refractivity contribution is -0.143. The highest BCUT2D eigenvalue weighted by Gasteiger charge is 2.58. The van der Waals surface area contributed by atoms with E-state index >= 15 is 0 Å². The monoisotopic (exact) mass is 322 g/mol. The Morgan fingerprint density at radius 3 is 2.61 bits per heavy atom. The second-order valence-corrected chi connectivity index (χ2v) is 6.66. The van der Waals surface area contributed by atoms with Gasteiger partial charge in [0.05, 0.1) is 0 Å². The minimum Gasteiger partial charge on any atom is -0.342 e. The Morgan fingerprint density at radius 1 is 1.26 bits per heavy atom. The van der Waals surface area contributed by atoms with Gasteiger partial charge < -0.3 is 10.2 Å². The van der Waals surface area contributed by atoms with Crippen LogP contribution in [0.5, 0.6) is 0 Å². The van der Waals surface area contributed by atoms with Crippen LogP contribution in [0.3, 0.4) is 0 Å². The number of piperidine rings is 1. The molecule has 1 aliphatic carbocycles. The smallest absolute Gasteiger partial charge is 0.240 e. The van der Waals surface area contributed by atoms with Crippen LogP contribution in [0, 0.1) is 23.0 Å². The number of hydrogen-bond acceptors (Lipinski definition) is 2. The summed E-state index contributed by atoms with van der Waals surface area (Å²) in [7, 11) is 0. The molecule has 2 aliphatic rings. The number of nitrogens with zero attached hydrogens (tertiary/aromatic N) is 1. The first-order valence-electron chi connectivity index (χ1n) is 7.98. The Morgan fingerprint density at radius 2 is 2.00 bits per heavy atom. The molecule has 0 radical (unpaired) electrons. The lowest BCUT2D eigenvalue weighted by Crippen LogP contribution is -2.46. The average molecular weight is 322 g/mol. The Kier molecular flexibility index (Phi) is 4.08. The molecule has 1 atom stereocenters. The van der Waals surface area contributed by atoms with E-state index in [1.807, 2.05) is 0 Å². The maximum Gasteiger partial charge on any atom is 0.240 e. The highest BCUT2D eigenvalue weighted by molar-refractivity contribution is 6.13. The summed E-state index contributed by atoms with van der Waals surface area (Å²) in [4.78, 5) is 27.0. The largest absolute Gasteiger partial charge is 0.342 e. The molecule has 6 heteroatoms. The SMILES string of the molecule is CC1CCCN(C(=O)C2(C(=O)Nc3ccc(F)c(F)c3)CC2)C1. The van der Waals surface area contributed by atoms with Crippen LogP contribution in [0.1, 0.15) is 32.6 Å². The molecule has 3 rings (SSSR count). The van der Waals surface area contributed by atoms with Crippen LogP contribution in [0.2, 0.25) is 0 Å². The number of carbonyl (C=O) groups is 2. The summed E-state index contributed by atoms with van der Waals surface area (Å²) in [5.41, 5.74) is -0.859. The van der Waals surface area contributed by atoms with Crippen molar-refractivity contribution in [1.29, 1.82) is 0 Å². The molecule has 1 saturated carbocycles. The fraction of sp³-hybridized carbons (Fsp3) is 0.529. The van der Waals surface area contributed by atoms with E-state index < -0.39 is 23.0 Å². The summed E-state index contributed by atoms with van der Waals surface area (Å²) >= 11 is 0. The summed E-state index contributed by atoms with van der Waals surface area (Å²) < 4.78 is 26.2. The van der Waals surface area contributed by atoms with Gasteiger partial charge in [-0.1, -0.05) is 6.92 Å². The van der Waals surface area contributed by atoms with Crippen molar-refractivity contribution in [2.24, 2.45) is 11.3 Å². The van der Waals surface area contributed by atoms with E-state index in [4.69, 9.17) is 0 Å². The van der Waals surface area contributed by atoms with E-state index in [0.29, 0.717) is 31.8 Å². The first kappa shape index (κ1) is 15.9. The molecule has 0 spiro atoms. The summed E-state index contributed by atoms with van der Waals surface area (Å²) in [6.07, 6.45) is 3.06. The Bertz CT molecular complexity index is 643. The van der Waals surface area contributed by atoms with Crippen LogP contribution in [-0.2, 0) is 9.59 Å². The number of halogens is 2.